The van der Waals surface area contributed by atoms with Gasteiger partial charge < -0.3 is 4.98 Å². The van der Waals surface area contributed by atoms with Crippen LogP contribution in [0.1, 0.15) is 11.4 Å². The van der Waals surface area contributed by atoms with E-state index in [0.29, 0.717) is 0 Å². The molecule has 1 N–H and O–H groups in total. The van der Waals surface area contributed by atoms with Crippen LogP contribution in [-0.4, -0.2) is 19.7 Å². The Bertz CT molecular complexity index is 1010. The summed E-state index contributed by atoms with van der Waals surface area (Å²) >= 11 is 0. The Morgan fingerprint density at radius 2 is 1.68 bits per heavy atom. The molecule has 0 aliphatic heterocycles. The average molecular weight is 332 g/mol. The van der Waals surface area contributed by atoms with Gasteiger partial charge in [-0.15, -0.1) is 0 Å². The van der Waals surface area contributed by atoms with Crippen molar-refractivity contribution in [3.63, 3.8) is 0 Å². The standard InChI is InChI=1S/C20H17FN4/c1-13-18(12-25(24-13)17-10-8-16(21)9-11-17)20-22-14(2)19(23-20)15-6-4-3-5-7-15/h3-12H,1-2H3,(H,22,23). The van der Waals surface area contributed by atoms with Gasteiger partial charge in [-0.3, -0.25) is 0 Å². The molecule has 0 aliphatic rings. The number of nitrogens with zero attached hydrogens (tertiary/aromatic N) is 3. The second-order valence-electron chi connectivity index (χ2n) is 5.97. The van der Waals surface area contributed by atoms with Crippen molar-refractivity contribution in [3.8, 4) is 28.3 Å². The van der Waals surface area contributed by atoms with Crippen molar-refractivity contribution < 1.29 is 4.39 Å². The molecule has 2 aromatic carbocycles. The summed E-state index contributed by atoms with van der Waals surface area (Å²) in [5, 5.41) is 4.53. The fraction of sp³-hybridized carbons (Fsp3) is 0.100. The Labute approximate surface area is 145 Å². The van der Waals surface area contributed by atoms with Crippen molar-refractivity contribution >= 4 is 0 Å². The Kier molecular flexibility index (Phi) is 3.69. The first kappa shape index (κ1) is 15.3. The number of aryl methyl sites for hydroxylation is 2. The summed E-state index contributed by atoms with van der Waals surface area (Å²) in [7, 11) is 0. The number of imidazole rings is 1. The predicted molar refractivity (Wildman–Crippen MR) is 96.0 cm³/mol. The van der Waals surface area contributed by atoms with Gasteiger partial charge in [0.1, 0.15) is 11.6 Å². The van der Waals surface area contributed by atoms with E-state index in [0.717, 1.165) is 39.7 Å². The van der Waals surface area contributed by atoms with Gasteiger partial charge in [0.25, 0.3) is 0 Å². The summed E-state index contributed by atoms with van der Waals surface area (Å²) in [4.78, 5) is 8.11. The van der Waals surface area contributed by atoms with Gasteiger partial charge in [-0.2, -0.15) is 5.10 Å². The molecule has 0 atom stereocenters. The van der Waals surface area contributed by atoms with E-state index in [1.54, 1.807) is 16.8 Å². The minimum atomic E-state index is -0.262. The zero-order valence-corrected chi connectivity index (χ0v) is 14.0. The van der Waals surface area contributed by atoms with Gasteiger partial charge in [0.05, 0.1) is 22.6 Å². The number of aromatic amines is 1. The molecular weight excluding hydrogens is 315 g/mol. The first-order valence-electron chi connectivity index (χ1n) is 8.06. The van der Waals surface area contributed by atoms with Crippen LogP contribution in [0.25, 0.3) is 28.3 Å². The van der Waals surface area contributed by atoms with Crippen LogP contribution in [0, 0.1) is 19.7 Å². The highest BCUT2D eigenvalue weighted by Gasteiger charge is 2.15. The van der Waals surface area contributed by atoms with Crippen molar-refractivity contribution in [2.45, 2.75) is 13.8 Å². The first-order chi connectivity index (χ1) is 12.1. The van der Waals surface area contributed by atoms with Crippen LogP contribution < -0.4 is 0 Å². The molecule has 2 heterocycles. The number of hydrogen-bond acceptors (Lipinski definition) is 2. The summed E-state index contributed by atoms with van der Waals surface area (Å²) in [6.07, 6.45) is 1.91. The number of benzene rings is 2. The van der Waals surface area contributed by atoms with E-state index in [2.05, 4.69) is 10.1 Å². The van der Waals surface area contributed by atoms with E-state index in [4.69, 9.17) is 4.98 Å². The zero-order valence-electron chi connectivity index (χ0n) is 14.0. The third kappa shape index (κ3) is 2.85. The quantitative estimate of drug-likeness (QED) is 0.592. The van der Waals surface area contributed by atoms with Crippen molar-refractivity contribution in [2.24, 2.45) is 0 Å². The first-order valence-corrected chi connectivity index (χ1v) is 8.06. The molecule has 0 saturated heterocycles. The number of hydrogen-bond donors (Lipinski definition) is 1. The maximum absolute atomic E-state index is 13.1. The topological polar surface area (TPSA) is 46.5 Å². The molecule has 0 amide bonds. The molecule has 25 heavy (non-hydrogen) atoms. The molecule has 4 aromatic rings. The molecule has 4 nitrogen and oxygen atoms in total. The Morgan fingerprint density at radius 1 is 0.960 bits per heavy atom. The molecule has 5 heteroatoms. The number of H-pyrrole nitrogens is 1. The minimum Gasteiger partial charge on any atom is -0.341 e. The van der Waals surface area contributed by atoms with Crippen molar-refractivity contribution in [3.05, 3.63) is 78.0 Å². The predicted octanol–water partition coefficient (Wildman–Crippen LogP) is 4.69. The summed E-state index contributed by atoms with van der Waals surface area (Å²) in [5.41, 5.74) is 5.61. The van der Waals surface area contributed by atoms with Gasteiger partial charge in [0.15, 0.2) is 0 Å². The molecule has 2 aromatic heterocycles. The lowest BCUT2D eigenvalue weighted by Crippen LogP contribution is -1.94. The van der Waals surface area contributed by atoms with E-state index < -0.39 is 0 Å². The number of nitrogens with one attached hydrogen (secondary N) is 1. The van der Waals surface area contributed by atoms with Gasteiger partial charge in [0.2, 0.25) is 0 Å². The van der Waals surface area contributed by atoms with Gasteiger partial charge in [-0.05, 0) is 38.1 Å². The summed E-state index contributed by atoms with van der Waals surface area (Å²) in [5.74, 6) is 0.518. The Hall–Kier alpha value is -3.21. The molecule has 0 aliphatic carbocycles. The normalized spacial score (nSPS) is 11.0. The molecular formula is C20H17FN4. The Balaban J connectivity index is 1.75. The molecule has 4 rings (SSSR count). The molecule has 0 bridgehead atoms. The molecule has 0 fully saturated rings. The smallest absolute Gasteiger partial charge is 0.141 e. The van der Waals surface area contributed by atoms with Crippen LogP contribution in [-0.2, 0) is 0 Å². The SMILES string of the molecule is Cc1nn(-c2ccc(F)cc2)cc1-c1nc(-c2ccccc2)c(C)[nH]1. The highest BCUT2D eigenvalue weighted by atomic mass is 19.1. The lowest BCUT2D eigenvalue weighted by molar-refractivity contribution is 0.627. The van der Waals surface area contributed by atoms with Crippen LogP contribution in [0.4, 0.5) is 4.39 Å². The van der Waals surface area contributed by atoms with Gasteiger partial charge in [-0.25, -0.2) is 14.1 Å². The molecule has 0 saturated carbocycles. The maximum atomic E-state index is 13.1. The lowest BCUT2D eigenvalue weighted by atomic mass is 10.1. The van der Waals surface area contributed by atoms with E-state index in [1.807, 2.05) is 50.4 Å². The van der Waals surface area contributed by atoms with Crippen molar-refractivity contribution in [1.82, 2.24) is 19.7 Å². The average Bonchev–Trinajstić information content (AvgIpc) is 3.19. The zero-order chi connectivity index (χ0) is 17.4. The monoisotopic (exact) mass is 332 g/mol. The number of halogens is 1. The van der Waals surface area contributed by atoms with E-state index in [-0.39, 0.29) is 5.82 Å². The van der Waals surface area contributed by atoms with Gasteiger partial charge >= 0.3 is 0 Å². The summed E-state index contributed by atoms with van der Waals surface area (Å²) in [6.45, 7) is 3.95. The van der Waals surface area contributed by atoms with Crippen molar-refractivity contribution in [2.75, 3.05) is 0 Å². The third-order valence-corrected chi connectivity index (χ3v) is 4.18. The van der Waals surface area contributed by atoms with Crippen LogP contribution in [0.5, 0.6) is 0 Å². The summed E-state index contributed by atoms with van der Waals surface area (Å²) in [6, 6.07) is 16.3. The molecule has 0 radical (unpaired) electrons. The Morgan fingerprint density at radius 3 is 2.40 bits per heavy atom. The van der Waals surface area contributed by atoms with Gasteiger partial charge in [0, 0.05) is 17.5 Å². The fourth-order valence-corrected chi connectivity index (χ4v) is 2.88. The van der Waals surface area contributed by atoms with E-state index in [9.17, 15) is 4.39 Å². The second-order valence-corrected chi connectivity index (χ2v) is 5.97. The third-order valence-electron chi connectivity index (χ3n) is 4.18. The van der Waals surface area contributed by atoms with Crippen LogP contribution in [0.15, 0.2) is 60.8 Å². The summed E-state index contributed by atoms with van der Waals surface area (Å²) < 4.78 is 14.9. The van der Waals surface area contributed by atoms with Crippen molar-refractivity contribution in [1.29, 1.82) is 0 Å². The number of rotatable bonds is 3. The van der Waals surface area contributed by atoms with E-state index in [1.165, 1.54) is 12.1 Å². The highest BCUT2D eigenvalue weighted by Crippen LogP contribution is 2.27. The number of aromatic nitrogens is 4. The molecule has 124 valence electrons. The molecule has 0 spiro atoms. The van der Waals surface area contributed by atoms with Gasteiger partial charge in [-0.1, -0.05) is 30.3 Å². The maximum Gasteiger partial charge on any atom is 0.141 e. The van der Waals surface area contributed by atoms with Crippen LogP contribution >= 0.6 is 0 Å². The second kappa shape index (κ2) is 6.02. The van der Waals surface area contributed by atoms with Crippen LogP contribution in [0.2, 0.25) is 0 Å². The van der Waals surface area contributed by atoms with E-state index >= 15 is 0 Å². The fourth-order valence-electron chi connectivity index (χ4n) is 2.88. The molecule has 0 unspecified atom stereocenters. The lowest BCUT2D eigenvalue weighted by Gasteiger charge is -1.99. The minimum absolute atomic E-state index is 0.262. The highest BCUT2D eigenvalue weighted by molar-refractivity contribution is 5.68. The largest absolute Gasteiger partial charge is 0.341 e. The van der Waals surface area contributed by atoms with Crippen LogP contribution in [0.3, 0.4) is 0 Å².